The quantitative estimate of drug-likeness (QED) is 0.520. The van der Waals surface area contributed by atoms with Crippen molar-refractivity contribution in [2.75, 3.05) is 0 Å². The van der Waals surface area contributed by atoms with Gasteiger partial charge in [-0.2, -0.15) is 4.99 Å². The summed E-state index contributed by atoms with van der Waals surface area (Å²) in [5, 5.41) is 0. The van der Waals surface area contributed by atoms with Gasteiger partial charge in [0.25, 0.3) is 5.79 Å². The van der Waals surface area contributed by atoms with E-state index in [-0.39, 0.29) is 11.9 Å². The molecule has 0 aromatic heterocycles. The Balaban J connectivity index is 1.84. The number of benzene rings is 1. The Hall–Kier alpha value is -2.44. The molecule has 1 aromatic carbocycles. The summed E-state index contributed by atoms with van der Waals surface area (Å²) >= 11 is 0. The van der Waals surface area contributed by atoms with Gasteiger partial charge in [-0.25, -0.2) is 4.99 Å². The van der Waals surface area contributed by atoms with Crippen LogP contribution >= 0.6 is 0 Å². The van der Waals surface area contributed by atoms with E-state index in [9.17, 15) is 0 Å². The zero-order valence-electron chi connectivity index (χ0n) is 11.0. The highest BCUT2D eigenvalue weighted by atomic mass is 16.7. The van der Waals surface area contributed by atoms with Crippen LogP contribution in [0.3, 0.4) is 0 Å². The van der Waals surface area contributed by atoms with E-state index in [1.165, 1.54) is 0 Å². The maximum Gasteiger partial charge on any atom is 0.251 e. The summed E-state index contributed by atoms with van der Waals surface area (Å²) in [6, 6.07) is 5.38. The molecule has 1 aliphatic carbocycles. The fourth-order valence-electron chi connectivity index (χ4n) is 2.56. The van der Waals surface area contributed by atoms with Crippen LogP contribution < -0.4 is 26.7 Å². The molecule has 1 spiro atoms. The summed E-state index contributed by atoms with van der Waals surface area (Å²) in [5.74, 6) is 0.823. The van der Waals surface area contributed by atoms with Gasteiger partial charge in [0.2, 0.25) is 5.96 Å². The van der Waals surface area contributed by atoms with Crippen LogP contribution in [0.2, 0.25) is 0 Å². The number of rotatable bonds is 1. The lowest BCUT2D eigenvalue weighted by Crippen LogP contribution is -2.34. The molecule has 20 heavy (non-hydrogen) atoms. The Morgan fingerprint density at radius 1 is 1.05 bits per heavy atom. The molecule has 1 aromatic rings. The zero-order chi connectivity index (χ0) is 14.2. The van der Waals surface area contributed by atoms with Gasteiger partial charge in [-0.15, -0.1) is 0 Å². The molecule has 1 fully saturated rings. The van der Waals surface area contributed by atoms with E-state index in [0.717, 1.165) is 31.4 Å². The van der Waals surface area contributed by atoms with Gasteiger partial charge in [0.15, 0.2) is 17.5 Å². The SMILES string of the molecule is NC(N)=NC(N)=Nc1ccc2c(c1)OC1(CCCC1)O2. The van der Waals surface area contributed by atoms with Crippen molar-refractivity contribution in [3.05, 3.63) is 18.2 Å². The van der Waals surface area contributed by atoms with Crippen LogP contribution in [0.25, 0.3) is 0 Å². The van der Waals surface area contributed by atoms with Gasteiger partial charge in [-0.3, -0.25) is 0 Å². The molecule has 106 valence electrons. The number of aliphatic imine (C=N–C) groups is 2. The minimum Gasteiger partial charge on any atom is -0.448 e. The molecule has 1 heterocycles. The maximum atomic E-state index is 5.94. The van der Waals surface area contributed by atoms with E-state index in [4.69, 9.17) is 26.7 Å². The van der Waals surface area contributed by atoms with Crippen LogP contribution in [-0.4, -0.2) is 17.7 Å². The Morgan fingerprint density at radius 2 is 1.75 bits per heavy atom. The second-order valence-electron chi connectivity index (χ2n) is 4.96. The molecule has 2 aliphatic rings. The third kappa shape index (κ3) is 2.34. The smallest absolute Gasteiger partial charge is 0.251 e. The molecule has 3 rings (SSSR count). The molecule has 6 N–H and O–H groups in total. The monoisotopic (exact) mass is 275 g/mol. The highest BCUT2D eigenvalue weighted by Crippen LogP contribution is 2.47. The van der Waals surface area contributed by atoms with Crippen molar-refractivity contribution in [2.45, 2.75) is 31.5 Å². The van der Waals surface area contributed by atoms with E-state index in [0.29, 0.717) is 11.4 Å². The van der Waals surface area contributed by atoms with Gasteiger partial charge >= 0.3 is 0 Å². The number of hydrogen-bond donors (Lipinski definition) is 3. The fourth-order valence-corrected chi connectivity index (χ4v) is 2.56. The van der Waals surface area contributed by atoms with Gasteiger partial charge < -0.3 is 26.7 Å². The lowest BCUT2D eigenvalue weighted by molar-refractivity contribution is -0.0716. The number of guanidine groups is 2. The molecular weight excluding hydrogens is 258 g/mol. The van der Waals surface area contributed by atoms with Crippen molar-refractivity contribution < 1.29 is 9.47 Å². The van der Waals surface area contributed by atoms with Crippen molar-refractivity contribution in [3.8, 4) is 11.5 Å². The van der Waals surface area contributed by atoms with E-state index in [1.54, 1.807) is 12.1 Å². The Morgan fingerprint density at radius 3 is 2.45 bits per heavy atom. The van der Waals surface area contributed by atoms with Crippen molar-refractivity contribution in [3.63, 3.8) is 0 Å². The van der Waals surface area contributed by atoms with Crippen LogP contribution in [0.1, 0.15) is 25.7 Å². The minimum atomic E-state index is -0.476. The number of fused-ring (bicyclic) bond motifs is 1. The Bertz CT molecular complexity index is 586. The molecule has 0 amide bonds. The largest absolute Gasteiger partial charge is 0.448 e. The molecule has 0 saturated heterocycles. The highest BCUT2D eigenvalue weighted by Gasteiger charge is 2.44. The highest BCUT2D eigenvalue weighted by molar-refractivity contribution is 5.93. The molecular formula is C13H17N5O2. The summed E-state index contributed by atoms with van der Waals surface area (Å²) in [5.41, 5.74) is 16.7. The van der Waals surface area contributed by atoms with E-state index >= 15 is 0 Å². The molecule has 7 heteroatoms. The molecule has 0 atom stereocenters. The van der Waals surface area contributed by atoms with Crippen LogP contribution in [0.5, 0.6) is 11.5 Å². The maximum absolute atomic E-state index is 5.94. The third-order valence-corrected chi connectivity index (χ3v) is 3.37. The van der Waals surface area contributed by atoms with Crippen molar-refractivity contribution in [1.82, 2.24) is 0 Å². The van der Waals surface area contributed by atoms with Crippen LogP contribution in [-0.2, 0) is 0 Å². The number of hydrogen-bond acceptors (Lipinski definition) is 3. The summed E-state index contributed by atoms with van der Waals surface area (Å²) in [4.78, 5) is 7.77. The zero-order valence-corrected chi connectivity index (χ0v) is 11.0. The van der Waals surface area contributed by atoms with Crippen LogP contribution in [0, 0.1) is 0 Å². The summed E-state index contributed by atoms with van der Waals surface area (Å²) in [6.45, 7) is 0. The van der Waals surface area contributed by atoms with Crippen molar-refractivity contribution >= 4 is 17.6 Å². The Labute approximate surface area is 116 Å². The molecule has 0 bridgehead atoms. The number of ether oxygens (including phenoxy) is 2. The lowest BCUT2D eigenvalue weighted by atomic mass is 10.2. The minimum absolute atomic E-state index is 0.000514. The first-order chi connectivity index (χ1) is 9.56. The second kappa shape index (κ2) is 4.59. The molecule has 1 saturated carbocycles. The number of nitrogens with zero attached hydrogens (tertiary/aromatic N) is 2. The summed E-state index contributed by atoms with van der Waals surface area (Å²) in [7, 11) is 0. The van der Waals surface area contributed by atoms with Crippen LogP contribution in [0.4, 0.5) is 5.69 Å². The second-order valence-corrected chi connectivity index (χ2v) is 4.96. The normalized spacial score (nSPS) is 19.3. The molecule has 0 radical (unpaired) electrons. The topological polar surface area (TPSA) is 121 Å². The number of nitrogens with two attached hydrogens (primary N) is 3. The van der Waals surface area contributed by atoms with Crippen LogP contribution in [0.15, 0.2) is 28.2 Å². The summed E-state index contributed by atoms with van der Waals surface area (Å²) < 4.78 is 11.9. The van der Waals surface area contributed by atoms with Crippen molar-refractivity contribution in [2.24, 2.45) is 27.2 Å². The van der Waals surface area contributed by atoms with Gasteiger partial charge in [-0.1, -0.05) is 0 Å². The first-order valence-electron chi connectivity index (χ1n) is 6.52. The van der Waals surface area contributed by atoms with E-state index < -0.39 is 5.79 Å². The molecule has 0 unspecified atom stereocenters. The molecule has 1 aliphatic heterocycles. The molecule has 7 nitrogen and oxygen atoms in total. The Kier molecular flexibility index (Phi) is 2.89. The van der Waals surface area contributed by atoms with Gasteiger partial charge in [0, 0.05) is 18.9 Å². The van der Waals surface area contributed by atoms with Crippen molar-refractivity contribution in [1.29, 1.82) is 0 Å². The fraction of sp³-hybridized carbons (Fsp3) is 0.385. The predicted octanol–water partition coefficient (Wildman–Crippen LogP) is 0.948. The third-order valence-electron chi connectivity index (χ3n) is 3.37. The summed E-state index contributed by atoms with van der Waals surface area (Å²) in [6.07, 6.45) is 4.07. The van der Waals surface area contributed by atoms with Gasteiger partial charge in [0.1, 0.15) is 0 Å². The average Bonchev–Trinajstić information content (AvgIpc) is 2.94. The average molecular weight is 275 g/mol. The lowest BCUT2D eigenvalue weighted by Gasteiger charge is -2.21. The van der Waals surface area contributed by atoms with E-state index in [1.807, 2.05) is 6.07 Å². The van der Waals surface area contributed by atoms with Gasteiger partial charge in [-0.05, 0) is 25.0 Å². The van der Waals surface area contributed by atoms with E-state index in [2.05, 4.69) is 9.98 Å². The first-order valence-corrected chi connectivity index (χ1v) is 6.52. The predicted molar refractivity (Wildman–Crippen MR) is 76.0 cm³/mol. The van der Waals surface area contributed by atoms with Gasteiger partial charge in [0.05, 0.1) is 5.69 Å². The first kappa shape index (κ1) is 12.6. The standard InChI is InChI=1S/C13H17N5O2/c14-11(15)18-12(16)17-8-3-4-9-10(7-8)20-13(19-9)5-1-2-6-13/h3-4,7H,1-2,5-6H2,(H6,14,15,16,17,18).